The van der Waals surface area contributed by atoms with Gasteiger partial charge in [-0.1, -0.05) is 17.7 Å². The Hall–Kier alpha value is -2.39. The molecule has 0 bridgehead atoms. The fraction of sp³-hybridized carbons (Fsp3) is 0.444. The Balaban J connectivity index is 2.02. The molecule has 27 heavy (non-hydrogen) atoms. The van der Waals surface area contributed by atoms with Crippen LogP contribution in [0.1, 0.15) is 28.5 Å². The van der Waals surface area contributed by atoms with Crippen LogP contribution in [0.4, 0.5) is 13.2 Å². The molecule has 9 heteroatoms. The van der Waals surface area contributed by atoms with Gasteiger partial charge in [0.2, 0.25) is 0 Å². The molecule has 1 N–H and O–H groups in total. The van der Waals surface area contributed by atoms with Gasteiger partial charge in [0, 0.05) is 6.54 Å². The normalized spacial score (nSPS) is 20.7. The first-order chi connectivity index (χ1) is 12.7. The Morgan fingerprint density at radius 2 is 2.00 bits per heavy atom. The summed E-state index contributed by atoms with van der Waals surface area (Å²) in [5, 5.41) is 13.1. The molecular formula is C18H20F3N3O3. The molecule has 1 aromatic carbocycles. The molecule has 146 valence electrons. The second-order valence-corrected chi connectivity index (χ2v) is 6.60. The predicted molar refractivity (Wildman–Crippen MR) is 90.6 cm³/mol. The average molecular weight is 383 g/mol. The highest BCUT2D eigenvalue weighted by atomic mass is 19.4. The molecule has 2 atom stereocenters. The lowest BCUT2D eigenvalue weighted by molar-refractivity contribution is -0.143. The molecule has 0 saturated carbocycles. The number of aromatic nitrogens is 2. The van der Waals surface area contributed by atoms with E-state index in [0.717, 1.165) is 16.4 Å². The van der Waals surface area contributed by atoms with Crippen LogP contribution in [0.2, 0.25) is 0 Å². The number of alkyl halides is 3. The van der Waals surface area contributed by atoms with E-state index in [1.807, 2.05) is 6.92 Å². The first-order valence-corrected chi connectivity index (χ1v) is 8.48. The summed E-state index contributed by atoms with van der Waals surface area (Å²) in [6, 6.07) is 5.98. The second-order valence-electron chi connectivity index (χ2n) is 6.60. The molecule has 3 rings (SSSR count). The molecule has 0 radical (unpaired) electrons. The minimum Gasteiger partial charge on any atom is -0.394 e. The highest BCUT2D eigenvalue weighted by Gasteiger charge is 2.42. The minimum atomic E-state index is -4.77. The molecule has 2 unspecified atom stereocenters. The lowest BCUT2D eigenvalue weighted by Gasteiger charge is -2.37. The molecule has 1 aliphatic rings. The van der Waals surface area contributed by atoms with Crippen molar-refractivity contribution in [3.8, 4) is 5.69 Å². The van der Waals surface area contributed by atoms with Crippen molar-refractivity contribution in [2.75, 3.05) is 19.8 Å². The molecule has 1 saturated heterocycles. The first-order valence-electron chi connectivity index (χ1n) is 8.48. The van der Waals surface area contributed by atoms with Crippen LogP contribution in [0.3, 0.4) is 0 Å². The van der Waals surface area contributed by atoms with E-state index in [4.69, 9.17) is 4.74 Å². The van der Waals surface area contributed by atoms with E-state index in [1.165, 1.54) is 17.0 Å². The number of ether oxygens (including phenoxy) is 1. The Kier molecular flexibility index (Phi) is 5.25. The van der Waals surface area contributed by atoms with Crippen LogP contribution in [0.15, 0.2) is 30.5 Å². The van der Waals surface area contributed by atoms with E-state index in [9.17, 15) is 23.1 Å². The topological polar surface area (TPSA) is 67.6 Å². The number of carbonyl (C=O) groups is 1. The highest BCUT2D eigenvalue weighted by molar-refractivity contribution is 5.95. The zero-order valence-electron chi connectivity index (χ0n) is 14.9. The molecule has 1 aromatic heterocycles. The number of benzene rings is 1. The van der Waals surface area contributed by atoms with Crippen LogP contribution >= 0.6 is 0 Å². The van der Waals surface area contributed by atoms with Crippen molar-refractivity contribution in [1.29, 1.82) is 0 Å². The summed E-state index contributed by atoms with van der Waals surface area (Å²) in [4.78, 5) is 14.2. The molecule has 2 heterocycles. The Morgan fingerprint density at radius 3 is 2.59 bits per heavy atom. The second kappa shape index (κ2) is 7.32. The number of amides is 1. The third-order valence-electron chi connectivity index (χ3n) is 4.52. The molecule has 1 aliphatic heterocycles. The van der Waals surface area contributed by atoms with E-state index in [2.05, 4.69) is 5.10 Å². The van der Waals surface area contributed by atoms with Crippen molar-refractivity contribution < 1.29 is 27.8 Å². The summed E-state index contributed by atoms with van der Waals surface area (Å²) >= 11 is 0. The van der Waals surface area contributed by atoms with E-state index in [-0.39, 0.29) is 25.4 Å². The van der Waals surface area contributed by atoms with Gasteiger partial charge in [0.1, 0.15) is 0 Å². The molecule has 1 fully saturated rings. The molecule has 0 spiro atoms. The summed E-state index contributed by atoms with van der Waals surface area (Å²) in [6.45, 7) is 3.35. The number of halogens is 3. The zero-order valence-corrected chi connectivity index (χ0v) is 14.9. The number of nitrogens with zero attached hydrogens (tertiary/aromatic N) is 3. The van der Waals surface area contributed by atoms with Gasteiger partial charge in [0.05, 0.1) is 42.8 Å². The number of carbonyl (C=O) groups excluding carboxylic acids is 1. The summed E-state index contributed by atoms with van der Waals surface area (Å²) in [5.41, 5.74) is -0.521. The summed E-state index contributed by atoms with van der Waals surface area (Å²) in [7, 11) is 0. The molecule has 2 aromatic rings. The zero-order chi connectivity index (χ0) is 19.8. The van der Waals surface area contributed by atoms with Gasteiger partial charge in [-0.05, 0) is 26.0 Å². The fourth-order valence-electron chi connectivity index (χ4n) is 3.03. The number of hydrogen-bond acceptors (Lipinski definition) is 4. The van der Waals surface area contributed by atoms with Gasteiger partial charge in [0.25, 0.3) is 5.91 Å². The van der Waals surface area contributed by atoms with Crippen molar-refractivity contribution in [2.24, 2.45) is 0 Å². The Morgan fingerprint density at radius 1 is 1.33 bits per heavy atom. The number of aliphatic hydroxyl groups excluding tert-OH is 1. The van der Waals surface area contributed by atoms with Crippen LogP contribution in [0, 0.1) is 6.92 Å². The SMILES string of the molecule is Cc1ccc(-n2ncc(C(=O)N3CC(CO)OCC3C)c2C(F)(F)F)cc1. The van der Waals surface area contributed by atoms with Crippen molar-refractivity contribution in [1.82, 2.24) is 14.7 Å². The number of rotatable bonds is 3. The van der Waals surface area contributed by atoms with Gasteiger partial charge < -0.3 is 14.7 Å². The van der Waals surface area contributed by atoms with Crippen molar-refractivity contribution in [3.05, 3.63) is 47.3 Å². The van der Waals surface area contributed by atoms with Crippen LogP contribution in [0.5, 0.6) is 0 Å². The van der Waals surface area contributed by atoms with Crippen LogP contribution < -0.4 is 0 Å². The Labute approximate surface area is 154 Å². The van der Waals surface area contributed by atoms with Gasteiger partial charge >= 0.3 is 6.18 Å². The van der Waals surface area contributed by atoms with Crippen molar-refractivity contribution in [3.63, 3.8) is 0 Å². The monoisotopic (exact) mass is 383 g/mol. The largest absolute Gasteiger partial charge is 0.434 e. The maximum absolute atomic E-state index is 13.8. The van der Waals surface area contributed by atoms with E-state index in [0.29, 0.717) is 0 Å². The third kappa shape index (κ3) is 3.84. The van der Waals surface area contributed by atoms with E-state index < -0.39 is 35.5 Å². The third-order valence-corrected chi connectivity index (χ3v) is 4.52. The number of hydrogen-bond donors (Lipinski definition) is 1. The Bertz CT molecular complexity index is 817. The predicted octanol–water partition coefficient (Wildman–Crippen LogP) is 2.42. The minimum absolute atomic E-state index is 0.0174. The lowest BCUT2D eigenvalue weighted by Crippen LogP contribution is -2.52. The summed E-state index contributed by atoms with van der Waals surface area (Å²) in [5.74, 6) is -0.782. The smallest absolute Gasteiger partial charge is 0.394 e. The molecular weight excluding hydrogens is 363 g/mol. The van der Waals surface area contributed by atoms with Gasteiger partial charge in [0.15, 0.2) is 5.69 Å². The van der Waals surface area contributed by atoms with Crippen molar-refractivity contribution in [2.45, 2.75) is 32.2 Å². The average Bonchev–Trinajstić information content (AvgIpc) is 3.08. The lowest BCUT2D eigenvalue weighted by atomic mass is 10.1. The first kappa shape index (κ1) is 19.4. The van der Waals surface area contributed by atoms with Crippen LogP contribution in [0.25, 0.3) is 5.69 Å². The number of aryl methyl sites for hydroxylation is 1. The van der Waals surface area contributed by atoms with E-state index in [1.54, 1.807) is 19.1 Å². The fourth-order valence-corrected chi connectivity index (χ4v) is 3.03. The molecule has 1 amide bonds. The van der Waals surface area contributed by atoms with Gasteiger partial charge in [-0.15, -0.1) is 0 Å². The number of aliphatic hydroxyl groups is 1. The maximum Gasteiger partial charge on any atom is 0.434 e. The standard InChI is InChI=1S/C18H20F3N3O3/c1-11-3-5-13(6-4-11)24-16(18(19,20)21)15(7-22-24)17(26)23-8-14(9-25)27-10-12(23)2/h3-7,12,14,25H,8-10H2,1-2H3. The molecule has 6 nitrogen and oxygen atoms in total. The quantitative estimate of drug-likeness (QED) is 0.884. The van der Waals surface area contributed by atoms with Crippen LogP contribution in [-0.4, -0.2) is 57.6 Å². The highest BCUT2D eigenvalue weighted by Crippen LogP contribution is 2.34. The van der Waals surface area contributed by atoms with Crippen molar-refractivity contribution >= 4 is 5.91 Å². The van der Waals surface area contributed by atoms with Gasteiger partial charge in [-0.25, -0.2) is 4.68 Å². The van der Waals surface area contributed by atoms with Gasteiger partial charge in [-0.3, -0.25) is 4.79 Å². The number of morpholine rings is 1. The van der Waals surface area contributed by atoms with Crippen LogP contribution in [-0.2, 0) is 10.9 Å². The van der Waals surface area contributed by atoms with E-state index >= 15 is 0 Å². The summed E-state index contributed by atoms with van der Waals surface area (Å²) < 4.78 is 47.4. The maximum atomic E-state index is 13.8. The molecule has 0 aliphatic carbocycles. The van der Waals surface area contributed by atoms with Gasteiger partial charge in [-0.2, -0.15) is 18.3 Å². The summed E-state index contributed by atoms with van der Waals surface area (Å²) in [6.07, 6.45) is -4.44.